The molecule has 2 saturated carbocycles. The average molecular weight is 239 g/mol. The van der Waals surface area contributed by atoms with Gasteiger partial charge in [0.25, 0.3) is 0 Å². The minimum Gasteiger partial charge on any atom is -0.481 e. The van der Waals surface area contributed by atoms with E-state index < -0.39 is 5.97 Å². The molecular weight excluding hydrogens is 214 g/mol. The van der Waals surface area contributed by atoms with Gasteiger partial charge in [-0.1, -0.05) is 20.3 Å². The van der Waals surface area contributed by atoms with Crippen molar-refractivity contribution in [2.45, 2.75) is 70.9 Å². The van der Waals surface area contributed by atoms with Crippen LogP contribution in [0.5, 0.6) is 0 Å². The molecule has 0 aromatic rings. The van der Waals surface area contributed by atoms with Crippen LogP contribution < -0.4 is 5.32 Å². The second-order valence-electron chi connectivity index (χ2n) is 6.67. The van der Waals surface area contributed by atoms with Gasteiger partial charge in [0.15, 0.2) is 0 Å². The summed E-state index contributed by atoms with van der Waals surface area (Å²) in [5, 5.41) is 12.8. The first kappa shape index (κ1) is 12.9. The number of nitrogens with one attached hydrogen (secondary N) is 1. The van der Waals surface area contributed by atoms with Crippen molar-refractivity contribution in [2.24, 2.45) is 11.3 Å². The minimum absolute atomic E-state index is 0.115. The molecule has 3 heteroatoms. The topological polar surface area (TPSA) is 49.3 Å². The van der Waals surface area contributed by atoms with Crippen LogP contribution >= 0.6 is 0 Å². The van der Waals surface area contributed by atoms with Gasteiger partial charge in [-0.15, -0.1) is 0 Å². The van der Waals surface area contributed by atoms with Crippen molar-refractivity contribution in [3.8, 4) is 0 Å². The standard InChI is InChI=1S/C14H25NO2/c1-14(2)7-6-12(9-14)15-11-5-3-4-10(8-11)13(16)17/h10-12,15H,3-9H2,1-2H3,(H,16,17). The van der Waals surface area contributed by atoms with Gasteiger partial charge in [0.05, 0.1) is 5.92 Å². The lowest BCUT2D eigenvalue weighted by atomic mass is 9.85. The van der Waals surface area contributed by atoms with Gasteiger partial charge in [0, 0.05) is 12.1 Å². The summed E-state index contributed by atoms with van der Waals surface area (Å²) in [5.41, 5.74) is 0.471. The number of hydrogen-bond acceptors (Lipinski definition) is 2. The van der Waals surface area contributed by atoms with Crippen molar-refractivity contribution in [3.05, 3.63) is 0 Å². The molecule has 0 spiro atoms. The number of carboxylic acids is 1. The maximum atomic E-state index is 11.0. The number of rotatable bonds is 3. The highest BCUT2D eigenvalue weighted by Crippen LogP contribution is 2.37. The van der Waals surface area contributed by atoms with E-state index in [2.05, 4.69) is 19.2 Å². The van der Waals surface area contributed by atoms with Crippen LogP contribution in [-0.2, 0) is 4.79 Å². The minimum atomic E-state index is -0.608. The van der Waals surface area contributed by atoms with Gasteiger partial charge in [-0.25, -0.2) is 0 Å². The van der Waals surface area contributed by atoms with Crippen LogP contribution in [0.2, 0.25) is 0 Å². The van der Waals surface area contributed by atoms with E-state index in [4.69, 9.17) is 5.11 Å². The number of aliphatic carboxylic acids is 1. The molecule has 2 aliphatic rings. The molecule has 3 unspecified atom stereocenters. The van der Waals surface area contributed by atoms with Crippen molar-refractivity contribution >= 4 is 5.97 Å². The SMILES string of the molecule is CC1(C)CCC(NC2CCCC(C(=O)O)C2)C1. The molecule has 2 rings (SSSR count). The molecule has 0 aliphatic heterocycles. The monoisotopic (exact) mass is 239 g/mol. The molecule has 0 amide bonds. The average Bonchev–Trinajstić information content (AvgIpc) is 2.58. The zero-order valence-electron chi connectivity index (χ0n) is 11.0. The summed E-state index contributed by atoms with van der Waals surface area (Å²) in [4.78, 5) is 11.0. The predicted octanol–water partition coefficient (Wildman–Crippen LogP) is 2.80. The van der Waals surface area contributed by atoms with Gasteiger partial charge in [0.1, 0.15) is 0 Å². The Bertz CT molecular complexity index is 288. The summed E-state index contributed by atoms with van der Waals surface area (Å²) in [6.07, 6.45) is 7.68. The molecule has 0 radical (unpaired) electrons. The van der Waals surface area contributed by atoms with E-state index in [0.717, 1.165) is 25.7 Å². The van der Waals surface area contributed by atoms with E-state index in [1.54, 1.807) is 0 Å². The Hall–Kier alpha value is -0.570. The van der Waals surface area contributed by atoms with Crippen LogP contribution in [0.4, 0.5) is 0 Å². The molecular formula is C14H25NO2. The van der Waals surface area contributed by atoms with E-state index in [1.807, 2.05) is 0 Å². The Labute approximate surface area is 104 Å². The van der Waals surface area contributed by atoms with Gasteiger partial charge >= 0.3 is 5.97 Å². The maximum absolute atomic E-state index is 11.0. The van der Waals surface area contributed by atoms with Crippen LogP contribution in [0.15, 0.2) is 0 Å². The fraction of sp³-hybridized carbons (Fsp3) is 0.929. The highest BCUT2D eigenvalue weighted by atomic mass is 16.4. The van der Waals surface area contributed by atoms with Gasteiger partial charge in [0.2, 0.25) is 0 Å². The number of carboxylic acid groups (broad SMARTS) is 1. The molecule has 2 N–H and O–H groups in total. The van der Waals surface area contributed by atoms with Crippen LogP contribution in [0.3, 0.4) is 0 Å². The third kappa shape index (κ3) is 3.44. The van der Waals surface area contributed by atoms with Crippen molar-refractivity contribution in [3.63, 3.8) is 0 Å². The Balaban J connectivity index is 1.81. The highest BCUT2D eigenvalue weighted by Gasteiger charge is 2.34. The fourth-order valence-corrected chi connectivity index (χ4v) is 3.48. The molecule has 0 aromatic heterocycles. The van der Waals surface area contributed by atoms with Crippen molar-refractivity contribution < 1.29 is 9.90 Å². The van der Waals surface area contributed by atoms with Gasteiger partial charge in [-0.2, -0.15) is 0 Å². The summed E-state index contributed by atoms with van der Waals surface area (Å²) in [5.74, 6) is -0.723. The summed E-state index contributed by atoms with van der Waals surface area (Å²) < 4.78 is 0. The van der Waals surface area contributed by atoms with Crippen LogP contribution in [0, 0.1) is 11.3 Å². The van der Waals surface area contributed by atoms with Gasteiger partial charge in [-0.05, 0) is 43.9 Å². The Morgan fingerprint density at radius 3 is 2.59 bits per heavy atom. The quantitative estimate of drug-likeness (QED) is 0.796. The normalized spacial score (nSPS) is 36.9. The zero-order valence-corrected chi connectivity index (χ0v) is 11.0. The first-order valence-electron chi connectivity index (χ1n) is 6.95. The Morgan fingerprint density at radius 1 is 1.24 bits per heavy atom. The summed E-state index contributed by atoms with van der Waals surface area (Å²) >= 11 is 0. The zero-order chi connectivity index (χ0) is 12.5. The highest BCUT2D eigenvalue weighted by molar-refractivity contribution is 5.70. The summed E-state index contributed by atoms with van der Waals surface area (Å²) in [6, 6.07) is 1.05. The Morgan fingerprint density at radius 2 is 2.00 bits per heavy atom. The molecule has 3 atom stereocenters. The van der Waals surface area contributed by atoms with Gasteiger partial charge < -0.3 is 10.4 Å². The van der Waals surface area contributed by atoms with Crippen LogP contribution in [0.1, 0.15) is 58.8 Å². The second kappa shape index (κ2) is 4.97. The molecule has 17 heavy (non-hydrogen) atoms. The van der Waals surface area contributed by atoms with Crippen molar-refractivity contribution in [2.75, 3.05) is 0 Å². The lowest BCUT2D eigenvalue weighted by molar-refractivity contribution is -0.143. The largest absolute Gasteiger partial charge is 0.481 e. The Kier molecular flexibility index (Phi) is 3.76. The lowest BCUT2D eigenvalue weighted by Crippen LogP contribution is -2.41. The third-order valence-electron chi connectivity index (χ3n) is 4.46. The molecule has 3 nitrogen and oxygen atoms in total. The van der Waals surface area contributed by atoms with E-state index >= 15 is 0 Å². The lowest BCUT2D eigenvalue weighted by Gasteiger charge is -2.30. The van der Waals surface area contributed by atoms with Crippen LogP contribution in [-0.4, -0.2) is 23.2 Å². The third-order valence-corrected chi connectivity index (χ3v) is 4.46. The van der Waals surface area contributed by atoms with Crippen LogP contribution in [0.25, 0.3) is 0 Å². The molecule has 0 heterocycles. The molecule has 2 aliphatic carbocycles. The van der Waals surface area contributed by atoms with E-state index in [9.17, 15) is 4.79 Å². The first-order valence-corrected chi connectivity index (χ1v) is 6.95. The fourth-order valence-electron chi connectivity index (χ4n) is 3.48. The van der Waals surface area contributed by atoms with E-state index in [0.29, 0.717) is 17.5 Å². The number of carbonyl (C=O) groups is 1. The second-order valence-corrected chi connectivity index (χ2v) is 6.67. The van der Waals surface area contributed by atoms with Crippen molar-refractivity contribution in [1.82, 2.24) is 5.32 Å². The van der Waals surface area contributed by atoms with Gasteiger partial charge in [-0.3, -0.25) is 4.79 Å². The molecule has 0 saturated heterocycles. The van der Waals surface area contributed by atoms with Crippen molar-refractivity contribution in [1.29, 1.82) is 0 Å². The molecule has 0 bridgehead atoms. The summed E-state index contributed by atoms with van der Waals surface area (Å²) in [6.45, 7) is 4.66. The van der Waals surface area contributed by atoms with E-state index in [-0.39, 0.29) is 5.92 Å². The first-order chi connectivity index (χ1) is 7.96. The predicted molar refractivity (Wildman–Crippen MR) is 67.9 cm³/mol. The number of hydrogen-bond donors (Lipinski definition) is 2. The molecule has 0 aromatic carbocycles. The molecule has 2 fully saturated rings. The molecule has 98 valence electrons. The smallest absolute Gasteiger partial charge is 0.306 e. The maximum Gasteiger partial charge on any atom is 0.306 e. The van der Waals surface area contributed by atoms with E-state index in [1.165, 1.54) is 19.3 Å². The summed E-state index contributed by atoms with van der Waals surface area (Å²) in [7, 11) is 0.